The minimum atomic E-state index is -0.562. The van der Waals surface area contributed by atoms with Gasteiger partial charge in [0, 0.05) is 5.02 Å². The van der Waals surface area contributed by atoms with Crippen molar-refractivity contribution in [2.45, 2.75) is 57.2 Å². The molecule has 3 rings (SSSR count). The Balaban J connectivity index is 1.97. The second kappa shape index (κ2) is 6.14. The quantitative estimate of drug-likeness (QED) is 0.922. The molecule has 0 bridgehead atoms. The zero-order valence-corrected chi connectivity index (χ0v) is 14.1. The second-order valence-electron chi connectivity index (χ2n) is 6.82. The summed E-state index contributed by atoms with van der Waals surface area (Å²) in [6.07, 6.45) is 4.51. The molecule has 3 atom stereocenters. The van der Waals surface area contributed by atoms with Gasteiger partial charge in [-0.05, 0) is 50.3 Å². The fraction of sp³-hybridized carbons (Fsp3) is 0.556. The van der Waals surface area contributed by atoms with Crippen LogP contribution in [0.25, 0.3) is 0 Å². The van der Waals surface area contributed by atoms with Crippen molar-refractivity contribution in [1.82, 2.24) is 4.90 Å². The van der Waals surface area contributed by atoms with E-state index in [1.54, 1.807) is 6.92 Å². The van der Waals surface area contributed by atoms with E-state index in [4.69, 9.17) is 17.3 Å². The second-order valence-corrected chi connectivity index (χ2v) is 7.26. The SMILES string of the molecule is C[C@@H](N)C(=O)N1C(C2(C#N)CCC2)CC[C@H]1c1cccc(Cl)c1. The third-order valence-electron chi connectivity index (χ3n) is 5.37. The Morgan fingerprint density at radius 3 is 2.74 bits per heavy atom. The van der Waals surface area contributed by atoms with Gasteiger partial charge in [0.15, 0.2) is 0 Å². The topological polar surface area (TPSA) is 70.1 Å². The lowest BCUT2D eigenvalue weighted by atomic mass is 9.64. The predicted octanol–water partition coefficient (Wildman–Crippen LogP) is 3.41. The van der Waals surface area contributed by atoms with Crippen LogP contribution < -0.4 is 5.73 Å². The highest BCUT2D eigenvalue weighted by molar-refractivity contribution is 6.30. The van der Waals surface area contributed by atoms with Gasteiger partial charge in [0.1, 0.15) is 0 Å². The van der Waals surface area contributed by atoms with Gasteiger partial charge in [0.05, 0.1) is 29.6 Å². The molecule has 1 heterocycles. The number of carbonyl (C=O) groups is 1. The number of rotatable bonds is 3. The van der Waals surface area contributed by atoms with Crippen molar-refractivity contribution in [3.63, 3.8) is 0 Å². The third-order valence-corrected chi connectivity index (χ3v) is 5.60. The number of nitrogens with zero attached hydrogens (tertiary/aromatic N) is 2. The van der Waals surface area contributed by atoms with Crippen molar-refractivity contribution < 1.29 is 4.79 Å². The lowest BCUT2D eigenvalue weighted by Crippen LogP contribution is -2.53. The van der Waals surface area contributed by atoms with Gasteiger partial charge in [-0.15, -0.1) is 0 Å². The van der Waals surface area contributed by atoms with Crippen LogP contribution in [0.15, 0.2) is 24.3 Å². The van der Waals surface area contributed by atoms with Crippen LogP contribution in [0.3, 0.4) is 0 Å². The highest BCUT2D eigenvalue weighted by Gasteiger charge is 2.53. The molecule has 1 saturated heterocycles. The number of nitrogens with two attached hydrogens (primary N) is 1. The van der Waals surface area contributed by atoms with Crippen molar-refractivity contribution in [3.05, 3.63) is 34.9 Å². The smallest absolute Gasteiger partial charge is 0.240 e. The number of nitriles is 1. The van der Waals surface area contributed by atoms with Crippen LogP contribution in [-0.2, 0) is 4.79 Å². The van der Waals surface area contributed by atoms with Crippen LogP contribution in [0.2, 0.25) is 5.02 Å². The minimum Gasteiger partial charge on any atom is -0.330 e. The highest BCUT2D eigenvalue weighted by Crippen LogP contribution is 2.52. The van der Waals surface area contributed by atoms with E-state index in [0.717, 1.165) is 37.7 Å². The van der Waals surface area contributed by atoms with E-state index in [0.29, 0.717) is 5.02 Å². The molecule has 1 amide bonds. The number of hydrogen-bond acceptors (Lipinski definition) is 3. The van der Waals surface area contributed by atoms with Gasteiger partial charge in [-0.3, -0.25) is 4.79 Å². The molecule has 2 fully saturated rings. The Morgan fingerprint density at radius 1 is 1.48 bits per heavy atom. The molecule has 1 saturated carbocycles. The van der Waals surface area contributed by atoms with E-state index in [-0.39, 0.29) is 18.0 Å². The van der Waals surface area contributed by atoms with E-state index in [1.807, 2.05) is 29.2 Å². The molecule has 2 N–H and O–H groups in total. The first-order chi connectivity index (χ1) is 11.0. The maximum absolute atomic E-state index is 12.8. The molecule has 0 aromatic heterocycles. The Bertz CT molecular complexity index is 648. The van der Waals surface area contributed by atoms with Crippen molar-refractivity contribution in [1.29, 1.82) is 5.26 Å². The van der Waals surface area contributed by atoms with Gasteiger partial charge in [-0.2, -0.15) is 5.26 Å². The molecule has 4 nitrogen and oxygen atoms in total. The number of hydrogen-bond donors (Lipinski definition) is 1. The standard InChI is InChI=1S/C18H22ClN3O/c1-12(21)17(23)22-15(13-4-2-5-14(19)10-13)6-7-16(22)18(11-20)8-3-9-18/h2,4-5,10,12,15-16H,3,6-9,21H2,1H3/t12-,15+,16?/m1/s1. The summed E-state index contributed by atoms with van der Waals surface area (Å²) < 4.78 is 0. The van der Waals surface area contributed by atoms with Gasteiger partial charge in [0.2, 0.25) is 5.91 Å². The van der Waals surface area contributed by atoms with E-state index in [9.17, 15) is 10.1 Å². The summed E-state index contributed by atoms with van der Waals surface area (Å²) in [5, 5.41) is 10.4. The number of likely N-dealkylation sites (tertiary alicyclic amines) is 1. The average molecular weight is 332 g/mol. The molecule has 1 aromatic carbocycles. The highest BCUT2D eigenvalue weighted by atomic mass is 35.5. The Morgan fingerprint density at radius 2 is 2.22 bits per heavy atom. The van der Waals surface area contributed by atoms with Crippen molar-refractivity contribution in [3.8, 4) is 6.07 Å². The molecule has 1 aliphatic heterocycles. The Hall–Kier alpha value is -1.57. The first-order valence-electron chi connectivity index (χ1n) is 8.23. The normalized spacial score (nSPS) is 27.1. The number of halogens is 1. The maximum Gasteiger partial charge on any atom is 0.240 e. The monoisotopic (exact) mass is 331 g/mol. The largest absolute Gasteiger partial charge is 0.330 e. The zero-order chi connectivity index (χ0) is 16.6. The molecule has 2 aliphatic rings. The van der Waals surface area contributed by atoms with Crippen LogP contribution in [0, 0.1) is 16.7 Å². The number of amides is 1. The lowest BCUT2D eigenvalue weighted by molar-refractivity contribution is -0.138. The first-order valence-corrected chi connectivity index (χ1v) is 8.61. The fourth-order valence-corrected chi connectivity index (χ4v) is 4.21. The van der Waals surface area contributed by atoms with Gasteiger partial charge in [-0.25, -0.2) is 0 Å². The van der Waals surface area contributed by atoms with Crippen LogP contribution >= 0.6 is 11.6 Å². The van der Waals surface area contributed by atoms with E-state index in [1.165, 1.54) is 0 Å². The summed E-state index contributed by atoms with van der Waals surface area (Å²) in [5.41, 5.74) is 6.53. The molecular weight excluding hydrogens is 310 g/mol. The zero-order valence-electron chi connectivity index (χ0n) is 13.3. The van der Waals surface area contributed by atoms with Crippen LogP contribution in [0.1, 0.15) is 50.6 Å². The Labute approximate surface area is 142 Å². The first kappa shape index (κ1) is 16.3. The molecule has 23 heavy (non-hydrogen) atoms. The van der Waals surface area contributed by atoms with Crippen molar-refractivity contribution >= 4 is 17.5 Å². The van der Waals surface area contributed by atoms with Crippen LogP contribution in [0.5, 0.6) is 0 Å². The van der Waals surface area contributed by atoms with Crippen LogP contribution in [0.4, 0.5) is 0 Å². The predicted molar refractivity (Wildman–Crippen MR) is 89.6 cm³/mol. The summed E-state index contributed by atoms with van der Waals surface area (Å²) in [7, 11) is 0. The Kier molecular flexibility index (Phi) is 4.35. The summed E-state index contributed by atoms with van der Waals surface area (Å²) in [5.74, 6) is -0.0704. The summed E-state index contributed by atoms with van der Waals surface area (Å²) in [4.78, 5) is 14.7. The van der Waals surface area contributed by atoms with Gasteiger partial charge < -0.3 is 10.6 Å². The molecule has 1 aromatic rings. The summed E-state index contributed by atoms with van der Waals surface area (Å²) >= 11 is 6.12. The van der Waals surface area contributed by atoms with E-state index >= 15 is 0 Å². The lowest BCUT2D eigenvalue weighted by Gasteiger charge is -2.46. The third kappa shape index (κ3) is 2.73. The molecular formula is C18H22ClN3O. The summed E-state index contributed by atoms with van der Waals surface area (Å²) in [6.45, 7) is 1.71. The van der Waals surface area contributed by atoms with E-state index in [2.05, 4.69) is 6.07 Å². The number of benzene rings is 1. The van der Waals surface area contributed by atoms with Gasteiger partial charge in [0.25, 0.3) is 0 Å². The van der Waals surface area contributed by atoms with Crippen LogP contribution in [-0.4, -0.2) is 22.9 Å². The minimum absolute atomic E-state index is 0.0382. The van der Waals surface area contributed by atoms with Crippen molar-refractivity contribution in [2.75, 3.05) is 0 Å². The average Bonchev–Trinajstić information content (AvgIpc) is 2.91. The molecule has 5 heteroatoms. The van der Waals surface area contributed by atoms with Gasteiger partial charge >= 0.3 is 0 Å². The molecule has 1 unspecified atom stereocenters. The maximum atomic E-state index is 12.8. The molecule has 0 radical (unpaired) electrons. The summed E-state index contributed by atoms with van der Waals surface area (Å²) in [6, 6.07) is 9.51. The van der Waals surface area contributed by atoms with Gasteiger partial charge in [-0.1, -0.05) is 30.2 Å². The molecule has 1 aliphatic carbocycles. The van der Waals surface area contributed by atoms with E-state index < -0.39 is 11.5 Å². The molecule has 122 valence electrons. The molecule has 0 spiro atoms. The number of carbonyl (C=O) groups excluding carboxylic acids is 1. The van der Waals surface area contributed by atoms with Crippen molar-refractivity contribution in [2.24, 2.45) is 11.1 Å². The fourth-order valence-electron chi connectivity index (χ4n) is 4.01.